The minimum atomic E-state index is -0.411. The highest BCUT2D eigenvalue weighted by Gasteiger charge is 2.16. The molecular weight excluding hydrogens is 331 g/mol. The summed E-state index contributed by atoms with van der Waals surface area (Å²) in [6.45, 7) is 4.39. The molecule has 0 saturated carbocycles. The smallest absolute Gasteiger partial charge is 0.255 e. The van der Waals surface area contributed by atoms with Gasteiger partial charge in [-0.25, -0.2) is 4.39 Å². The van der Waals surface area contributed by atoms with Gasteiger partial charge in [-0.05, 0) is 44.2 Å². The predicted molar refractivity (Wildman–Crippen MR) is 100 cm³/mol. The van der Waals surface area contributed by atoms with Gasteiger partial charge in [0.15, 0.2) is 11.6 Å². The Bertz CT molecular complexity index is 956. The Morgan fingerprint density at radius 1 is 1.15 bits per heavy atom. The molecule has 1 aromatic heterocycles. The van der Waals surface area contributed by atoms with Crippen LogP contribution in [0.5, 0.6) is 5.75 Å². The molecule has 26 heavy (non-hydrogen) atoms. The van der Waals surface area contributed by atoms with Gasteiger partial charge < -0.3 is 9.64 Å². The van der Waals surface area contributed by atoms with E-state index >= 15 is 0 Å². The molecule has 2 aromatic carbocycles. The summed E-state index contributed by atoms with van der Waals surface area (Å²) in [6, 6.07) is 14.1. The second kappa shape index (κ2) is 7.52. The van der Waals surface area contributed by atoms with Crippen molar-refractivity contribution in [2.24, 2.45) is 0 Å². The van der Waals surface area contributed by atoms with E-state index in [9.17, 15) is 9.18 Å². The molecule has 1 heterocycles. The van der Waals surface area contributed by atoms with Crippen LogP contribution < -0.4 is 4.74 Å². The van der Waals surface area contributed by atoms with Crippen molar-refractivity contribution >= 4 is 16.8 Å². The monoisotopic (exact) mass is 352 g/mol. The summed E-state index contributed by atoms with van der Waals surface area (Å²) in [7, 11) is 1.70. The van der Waals surface area contributed by atoms with Gasteiger partial charge in [0, 0.05) is 12.4 Å². The SMILES string of the molecule is Cc1ccc2nc(C)c(C(=O)N(C)CCOc3ccccc3F)cc2c1. The number of benzene rings is 2. The second-order valence-corrected chi connectivity index (χ2v) is 6.32. The number of aryl methyl sites for hydroxylation is 2. The highest BCUT2D eigenvalue weighted by molar-refractivity contribution is 5.98. The van der Waals surface area contributed by atoms with E-state index in [-0.39, 0.29) is 18.3 Å². The van der Waals surface area contributed by atoms with E-state index in [1.165, 1.54) is 6.07 Å². The van der Waals surface area contributed by atoms with Crippen molar-refractivity contribution in [2.75, 3.05) is 20.2 Å². The van der Waals surface area contributed by atoms with Crippen LogP contribution >= 0.6 is 0 Å². The number of pyridine rings is 1. The molecule has 0 aliphatic carbocycles. The van der Waals surface area contributed by atoms with E-state index in [4.69, 9.17) is 4.74 Å². The van der Waals surface area contributed by atoms with Crippen molar-refractivity contribution < 1.29 is 13.9 Å². The molecule has 0 spiro atoms. The number of carbonyl (C=O) groups is 1. The molecule has 1 amide bonds. The Labute approximate surface area is 152 Å². The van der Waals surface area contributed by atoms with E-state index in [2.05, 4.69) is 4.98 Å². The molecule has 0 aliphatic heterocycles. The summed E-state index contributed by atoms with van der Waals surface area (Å²) in [5, 5.41) is 0.940. The largest absolute Gasteiger partial charge is 0.489 e. The number of fused-ring (bicyclic) bond motifs is 1. The number of carbonyl (C=O) groups excluding carboxylic acids is 1. The Kier molecular flexibility index (Phi) is 5.16. The van der Waals surface area contributed by atoms with Gasteiger partial charge in [0.1, 0.15) is 6.61 Å². The molecule has 0 atom stereocenters. The maximum Gasteiger partial charge on any atom is 0.255 e. The molecule has 3 aromatic rings. The highest BCUT2D eigenvalue weighted by atomic mass is 19.1. The summed E-state index contributed by atoms with van der Waals surface area (Å²) in [5.41, 5.74) is 3.24. The molecule has 5 heteroatoms. The lowest BCUT2D eigenvalue weighted by Gasteiger charge is -2.19. The van der Waals surface area contributed by atoms with Crippen LogP contribution in [-0.2, 0) is 0 Å². The van der Waals surface area contributed by atoms with Gasteiger partial charge in [-0.2, -0.15) is 0 Å². The zero-order chi connectivity index (χ0) is 18.7. The molecule has 0 fully saturated rings. The number of hydrogen-bond acceptors (Lipinski definition) is 3. The van der Waals surface area contributed by atoms with Crippen molar-refractivity contribution in [3.05, 3.63) is 71.2 Å². The van der Waals surface area contributed by atoms with E-state index in [0.29, 0.717) is 17.8 Å². The van der Waals surface area contributed by atoms with Crippen LogP contribution in [0.2, 0.25) is 0 Å². The lowest BCUT2D eigenvalue weighted by molar-refractivity contribution is 0.0772. The van der Waals surface area contributed by atoms with Crippen LogP contribution in [0, 0.1) is 19.7 Å². The Hall–Kier alpha value is -2.95. The molecular formula is C21H21FN2O2. The molecule has 0 aliphatic rings. The lowest BCUT2D eigenvalue weighted by atomic mass is 10.1. The number of nitrogens with zero attached hydrogens (tertiary/aromatic N) is 2. The van der Waals surface area contributed by atoms with Gasteiger partial charge in [0.05, 0.1) is 23.3 Å². The highest BCUT2D eigenvalue weighted by Crippen LogP contribution is 2.19. The number of likely N-dealkylation sites (N-methyl/N-ethyl adjacent to an activating group) is 1. The summed E-state index contributed by atoms with van der Waals surface area (Å²) in [6.07, 6.45) is 0. The fourth-order valence-corrected chi connectivity index (χ4v) is 2.77. The van der Waals surface area contributed by atoms with Crippen LogP contribution in [0.25, 0.3) is 10.9 Å². The Balaban J connectivity index is 1.71. The third-order valence-corrected chi connectivity index (χ3v) is 4.26. The first-order chi connectivity index (χ1) is 12.5. The fourth-order valence-electron chi connectivity index (χ4n) is 2.77. The maximum atomic E-state index is 13.6. The van der Waals surface area contributed by atoms with Gasteiger partial charge in [0.25, 0.3) is 5.91 Å². The topological polar surface area (TPSA) is 42.4 Å². The first kappa shape index (κ1) is 17.9. The van der Waals surface area contributed by atoms with E-state index < -0.39 is 5.82 Å². The minimum absolute atomic E-state index is 0.129. The summed E-state index contributed by atoms with van der Waals surface area (Å²) < 4.78 is 19.0. The van der Waals surface area contributed by atoms with E-state index in [0.717, 1.165) is 16.5 Å². The van der Waals surface area contributed by atoms with Crippen molar-refractivity contribution in [1.82, 2.24) is 9.88 Å². The Morgan fingerprint density at radius 2 is 1.92 bits per heavy atom. The van der Waals surface area contributed by atoms with Gasteiger partial charge >= 0.3 is 0 Å². The van der Waals surface area contributed by atoms with Crippen molar-refractivity contribution in [2.45, 2.75) is 13.8 Å². The number of para-hydroxylation sites is 1. The predicted octanol–water partition coefficient (Wildman–Crippen LogP) is 4.14. The van der Waals surface area contributed by atoms with Crippen LogP contribution in [0.3, 0.4) is 0 Å². The number of halogens is 1. The van der Waals surface area contributed by atoms with Crippen molar-refractivity contribution in [1.29, 1.82) is 0 Å². The third-order valence-electron chi connectivity index (χ3n) is 4.26. The number of ether oxygens (including phenoxy) is 1. The summed E-state index contributed by atoms with van der Waals surface area (Å²) in [4.78, 5) is 18.9. The van der Waals surface area contributed by atoms with Gasteiger partial charge in [-0.3, -0.25) is 9.78 Å². The van der Waals surface area contributed by atoms with Gasteiger partial charge in [-0.1, -0.05) is 23.8 Å². The van der Waals surface area contributed by atoms with Crippen LogP contribution in [0.1, 0.15) is 21.6 Å². The first-order valence-electron chi connectivity index (χ1n) is 8.46. The van der Waals surface area contributed by atoms with Crippen LogP contribution in [0.4, 0.5) is 4.39 Å². The van der Waals surface area contributed by atoms with E-state index in [1.54, 1.807) is 30.1 Å². The van der Waals surface area contributed by atoms with Crippen LogP contribution in [-0.4, -0.2) is 36.0 Å². The average Bonchev–Trinajstić information content (AvgIpc) is 2.62. The Morgan fingerprint density at radius 3 is 2.69 bits per heavy atom. The standard InChI is InChI=1S/C21H21FN2O2/c1-14-8-9-19-16(12-14)13-17(15(2)23-19)21(25)24(3)10-11-26-20-7-5-4-6-18(20)22/h4-9,12-13H,10-11H2,1-3H3. The van der Waals surface area contributed by atoms with E-state index in [1.807, 2.05) is 38.1 Å². The molecule has 134 valence electrons. The molecule has 4 nitrogen and oxygen atoms in total. The summed E-state index contributed by atoms with van der Waals surface area (Å²) >= 11 is 0. The lowest BCUT2D eigenvalue weighted by Crippen LogP contribution is -2.31. The molecule has 0 N–H and O–H groups in total. The first-order valence-corrected chi connectivity index (χ1v) is 8.46. The molecule has 0 saturated heterocycles. The quantitative estimate of drug-likeness (QED) is 0.693. The maximum absolute atomic E-state index is 13.6. The number of amides is 1. The zero-order valence-corrected chi connectivity index (χ0v) is 15.1. The van der Waals surface area contributed by atoms with Gasteiger partial charge in [-0.15, -0.1) is 0 Å². The average molecular weight is 352 g/mol. The normalized spacial score (nSPS) is 10.8. The van der Waals surface area contributed by atoms with Gasteiger partial charge in [0.2, 0.25) is 0 Å². The molecule has 3 rings (SSSR count). The van der Waals surface area contributed by atoms with Crippen molar-refractivity contribution in [3.63, 3.8) is 0 Å². The number of rotatable bonds is 5. The number of hydrogen-bond donors (Lipinski definition) is 0. The molecule has 0 bridgehead atoms. The third kappa shape index (κ3) is 3.82. The number of aromatic nitrogens is 1. The molecule has 0 radical (unpaired) electrons. The fraction of sp³-hybridized carbons (Fsp3) is 0.238. The van der Waals surface area contributed by atoms with Crippen LogP contribution in [0.15, 0.2) is 48.5 Å². The molecule has 0 unspecified atom stereocenters. The minimum Gasteiger partial charge on any atom is -0.489 e. The zero-order valence-electron chi connectivity index (χ0n) is 15.1. The van der Waals surface area contributed by atoms with Crippen molar-refractivity contribution in [3.8, 4) is 5.75 Å². The second-order valence-electron chi connectivity index (χ2n) is 6.32. The summed E-state index contributed by atoms with van der Waals surface area (Å²) in [5.74, 6) is -0.352.